The van der Waals surface area contributed by atoms with Gasteiger partial charge in [-0.25, -0.2) is 4.98 Å². The van der Waals surface area contributed by atoms with Crippen LogP contribution in [0.1, 0.15) is 19.4 Å². The number of para-hydroxylation sites is 2. The molecule has 0 saturated carbocycles. The lowest BCUT2D eigenvalue weighted by atomic mass is 9.99. The van der Waals surface area contributed by atoms with Gasteiger partial charge in [0.25, 0.3) is 5.91 Å². The summed E-state index contributed by atoms with van der Waals surface area (Å²) >= 11 is 0. The molecule has 1 aliphatic heterocycles. The molecule has 0 unspecified atom stereocenters. The van der Waals surface area contributed by atoms with Crippen LogP contribution in [-0.4, -0.2) is 27.3 Å². The molecular weight excluding hydrogens is 326 g/mol. The summed E-state index contributed by atoms with van der Waals surface area (Å²) in [5.41, 5.74) is 5.11. The number of carbonyl (C=O) groups excluding carboxylic acids is 1. The van der Waals surface area contributed by atoms with Crippen LogP contribution in [-0.2, 0) is 4.79 Å². The summed E-state index contributed by atoms with van der Waals surface area (Å²) in [4.78, 5) is 25.2. The Kier molecular flexibility index (Phi) is 3.88. The molecule has 6 heteroatoms. The first-order valence-electron chi connectivity index (χ1n) is 8.48. The fraction of sp³-hybridized carbons (Fsp3) is 0.200. The highest BCUT2D eigenvalue weighted by Crippen LogP contribution is 2.26. The molecule has 6 nitrogen and oxygen atoms in total. The van der Waals surface area contributed by atoms with Crippen LogP contribution < -0.4 is 5.01 Å². The first kappa shape index (κ1) is 16.2. The highest BCUT2D eigenvalue weighted by atomic mass is 16.2. The van der Waals surface area contributed by atoms with Crippen molar-refractivity contribution in [2.45, 2.75) is 20.8 Å². The molecule has 1 atom stereocenters. The summed E-state index contributed by atoms with van der Waals surface area (Å²) in [6.45, 7) is 5.74. The van der Waals surface area contributed by atoms with Gasteiger partial charge < -0.3 is 4.98 Å². The number of rotatable bonds is 3. The number of aryl methyl sites for hydroxylation is 1. The molecule has 26 heavy (non-hydrogen) atoms. The van der Waals surface area contributed by atoms with E-state index in [1.54, 1.807) is 0 Å². The summed E-state index contributed by atoms with van der Waals surface area (Å²) in [6.07, 6.45) is 0. The standard InChI is InChI=1S/C20H19N5O/c1-12-8-10-15(11-9-12)21-13(2)18-14(3)24-25(19(18)26)20-22-16-6-4-5-7-17(16)23-20/h4-11,18H,1-3H3,(H,22,23)/t18-/m0/s1. The molecule has 4 rings (SSSR count). The quantitative estimate of drug-likeness (QED) is 0.729. The Morgan fingerprint density at radius 1 is 1.12 bits per heavy atom. The lowest BCUT2D eigenvalue weighted by Gasteiger charge is -2.11. The zero-order valence-electron chi connectivity index (χ0n) is 14.9. The number of nitrogens with one attached hydrogen (secondary N) is 1. The number of nitrogens with zero attached hydrogens (tertiary/aromatic N) is 4. The molecule has 3 aromatic rings. The van der Waals surface area contributed by atoms with Gasteiger partial charge in [-0.3, -0.25) is 9.79 Å². The summed E-state index contributed by atoms with van der Waals surface area (Å²) in [5.74, 6) is -0.180. The minimum absolute atomic E-state index is 0.144. The lowest BCUT2D eigenvalue weighted by molar-refractivity contribution is -0.118. The zero-order chi connectivity index (χ0) is 18.3. The zero-order valence-corrected chi connectivity index (χ0v) is 14.9. The maximum atomic E-state index is 12.9. The molecule has 2 aromatic carbocycles. The summed E-state index contributed by atoms with van der Waals surface area (Å²) in [6, 6.07) is 15.6. The van der Waals surface area contributed by atoms with Crippen LogP contribution in [0.2, 0.25) is 0 Å². The Hall–Kier alpha value is -3.28. The Labute approximate surface area is 151 Å². The number of amides is 1. The highest BCUT2D eigenvalue weighted by Gasteiger charge is 2.37. The number of hydrogen-bond donors (Lipinski definition) is 1. The number of benzene rings is 2. The molecule has 0 saturated heterocycles. The molecule has 0 spiro atoms. The molecule has 1 amide bonds. The number of imidazole rings is 1. The van der Waals surface area contributed by atoms with Crippen LogP contribution >= 0.6 is 0 Å². The molecule has 0 bridgehead atoms. The van der Waals surface area contributed by atoms with Gasteiger partial charge in [0.15, 0.2) is 0 Å². The fourth-order valence-electron chi connectivity index (χ4n) is 3.13. The Bertz CT molecular complexity index is 1010. The van der Waals surface area contributed by atoms with Gasteiger partial charge in [0.2, 0.25) is 5.95 Å². The maximum Gasteiger partial charge on any atom is 0.264 e. The van der Waals surface area contributed by atoms with Crippen molar-refractivity contribution in [1.82, 2.24) is 9.97 Å². The number of aromatic amines is 1. The van der Waals surface area contributed by atoms with E-state index < -0.39 is 5.92 Å². The number of hydrazone groups is 1. The molecule has 0 radical (unpaired) electrons. The smallest absolute Gasteiger partial charge is 0.264 e. The Morgan fingerprint density at radius 3 is 2.58 bits per heavy atom. The minimum Gasteiger partial charge on any atom is -0.322 e. The number of fused-ring (bicyclic) bond motifs is 1. The van der Waals surface area contributed by atoms with E-state index in [0.29, 0.717) is 11.7 Å². The minimum atomic E-state index is -0.468. The van der Waals surface area contributed by atoms with Gasteiger partial charge in [-0.15, -0.1) is 0 Å². The van der Waals surface area contributed by atoms with E-state index in [1.165, 1.54) is 10.6 Å². The summed E-state index contributed by atoms with van der Waals surface area (Å²) in [5, 5.41) is 5.76. The average Bonchev–Trinajstić information content (AvgIpc) is 3.17. The average molecular weight is 345 g/mol. The van der Waals surface area contributed by atoms with E-state index in [4.69, 9.17) is 0 Å². The van der Waals surface area contributed by atoms with Gasteiger partial charge in [-0.1, -0.05) is 29.8 Å². The van der Waals surface area contributed by atoms with Crippen molar-refractivity contribution in [1.29, 1.82) is 0 Å². The van der Waals surface area contributed by atoms with E-state index in [1.807, 2.05) is 69.3 Å². The molecule has 1 aliphatic rings. The van der Waals surface area contributed by atoms with Crippen LogP contribution in [0.4, 0.5) is 11.6 Å². The number of anilines is 1. The molecule has 1 aromatic heterocycles. The summed E-state index contributed by atoms with van der Waals surface area (Å²) in [7, 11) is 0. The van der Waals surface area contributed by atoms with Crippen LogP contribution in [0, 0.1) is 12.8 Å². The number of H-pyrrole nitrogens is 1. The normalized spacial score (nSPS) is 17.9. The third-order valence-corrected chi connectivity index (χ3v) is 4.47. The first-order chi connectivity index (χ1) is 12.5. The first-order valence-corrected chi connectivity index (χ1v) is 8.48. The second-order valence-electron chi connectivity index (χ2n) is 6.49. The van der Waals surface area contributed by atoms with Crippen molar-refractivity contribution in [3.8, 4) is 0 Å². The van der Waals surface area contributed by atoms with Crippen molar-refractivity contribution >= 4 is 40.0 Å². The van der Waals surface area contributed by atoms with E-state index >= 15 is 0 Å². The number of aliphatic imine (C=N–C) groups is 1. The van der Waals surface area contributed by atoms with Crippen LogP contribution in [0.25, 0.3) is 11.0 Å². The molecule has 0 fully saturated rings. The summed E-state index contributed by atoms with van der Waals surface area (Å²) < 4.78 is 0. The van der Waals surface area contributed by atoms with Crippen LogP contribution in [0.15, 0.2) is 58.6 Å². The van der Waals surface area contributed by atoms with Gasteiger partial charge in [-0.2, -0.15) is 10.1 Å². The van der Waals surface area contributed by atoms with Gasteiger partial charge in [-0.05, 0) is 45.0 Å². The fourth-order valence-corrected chi connectivity index (χ4v) is 3.13. The van der Waals surface area contributed by atoms with Gasteiger partial charge >= 0.3 is 0 Å². The lowest BCUT2D eigenvalue weighted by Crippen LogP contribution is -2.32. The second-order valence-corrected chi connectivity index (χ2v) is 6.49. The second kappa shape index (κ2) is 6.22. The molecule has 0 aliphatic carbocycles. The largest absolute Gasteiger partial charge is 0.322 e. The number of carbonyl (C=O) groups is 1. The molecular formula is C20H19N5O. The molecule has 2 heterocycles. The third kappa shape index (κ3) is 2.79. The van der Waals surface area contributed by atoms with E-state index in [9.17, 15) is 4.79 Å². The van der Waals surface area contributed by atoms with E-state index in [0.717, 1.165) is 22.4 Å². The molecule has 1 N–H and O–H groups in total. The van der Waals surface area contributed by atoms with Crippen molar-refractivity contribution in [3.05, 3.63) is 54.1 Å². The van der Waals surface area contributed by atoms with Crippen LogP contribution in [0.5, 0.6) is 0 Å². The predicted molar refractivity (Wildman–Crippen MR) is 104 cm³/mol. The van der Waals surface area contributed by atoms with Gasteiger partial charge in [0.1, 0.15) is 5.92 Å². The Balaban J connectivity index is 1.64. The van der Waals surface area contributed by atoms with Crippen molar-refractivity contribution < 1.29 is 4.79 Å². The third-order valence-electron chi connectivity index (χ3n) is 4.47. The Morgan fingerprint density at radius 2 is 1.85 bits per heavy atom. The van der Waals surface area contributed by atoms with Crippen molar-refractivity contribution in [2.75, 3.05) is 5.01 Å². The topological polar surface area (TPSA) is 73.7 Å². The highest BCUT2D eigenvalue weighted by molar-refractivity contribution is 6.27. The van der Waals surface area contributed by atoms with Crippen molar-refractivity contribution in [2.24, 2.45) is 16.0 Å². The van der Waals surface area contributed by atoms with Gasteiger partial charge in [0.05, 0.1) is 22.4 Å². The monoisotopic (exact) mass is 345 g/mol. The van der Waals surface area contributed by atoms with E-state index in [2.05, 4.69) is 20.1 Å². The number of aromatic nitrogens is 2. The maximum absolute atomic E-state index is 12.9. The number of hydrogen-bond acceptors (Lipinski definition) is 4. The van der Waals surface area contributed by atoms with Crippen LogP contribution in [0.3, 0.4) is 0 Å². The predicted octanol–water partition coefficient (Wildman–Crippen LogP) is 4.00. The SMILES string of the molecule is CC(=Nc1ccc(C)cc1)[C@@H]1C(=O)N(c2nc3ccccc3[nH]2)N=C1C. The van der Waals surface area contributed by atoms with Crippen molar-refractivity contribution in [3.63, 3.8) is 0 Å². The van der Waals surface area contributed by atoms with Gasteiger partial charge in [0, 0.05) is 5.71 Å². The van der Waals surface area contributed by atoms with E-state index in [-0.39, 0.29) is 5.91 Å². The molecule has 130 valence electrons.